The molecule has 138 valence electrons. The number of para-hydroxylation sites is 1. The van der Waals surface area contributed by atoms with E-state index >= 15 is 0 Å². The van der Waals surface area contributed by atoms with Crippen molar-refractivity contribution in [3.63, 3.8) is 0 Å². The molecule has 0 aliphatic rings. The summed E-state index contributed by atoms with van der Waals surface area (Å²) in [4.78, 5) is 8.53. The van der Waals surface area contributed by atoms with Crippen LogP contribution in [0, 0.1) is 15.0 Å². The second-order valence-electron chi connectivity index (χ2n) is 6.24. The molecule has 28 heavy (non-hydrogen) atoms. The predicted molar refractivity (Wildman–Crippen MR) is 117 cm³/mol. The maximum absolute atomic E-state index is 9.43. The van der Waals surface area contributed by atoms with Crippen LogP contribution in [0.25, 0.3) is 22.2 Å². The van der Waals surface area contributed by atoms with E-state index in [1.807, 2.05) is 66.1 Å². The smallest absolute Gasteiger partial charge is 0.148 e. The van der Waals surface area contributed by atoms with Crippen LogP contribution in [0.4, 0.5) is 5.82 Å². The van der Waals surface area contributed by atoms with Gasteiger partial charge in [0.05, 0.1) is 15.2 Å². The number of ether oxygens (including phenoxy) is 1. The molecule has 0 saturated heterocycles. The fraction of sp³-hybridized carbons (Fsp3) is 0.0952. The standard InChI is InChI=1S/C21H16IN5O/c1-13(11-23)27-19(22)17(18-20(24)25-12-26-21(18)27)14-7-9-16(10-8-14)28-15-5-3-2-4-6-15/h2-10,12-13H,1H3,(H2,24,25,26). The minimum absolute atomic E-state index is 0.377. The first-order valence-electron chi connectivity index (χ1n) is 8.63. The van der Waals surface area contributed by atoms with Crippen LogP contribution in [0.1, 0.15) is 13.0 Å². The number of rotatable bonds is 4. The van der Waals surface area contributed by atoms with Gasteiger partial charge in [0.15, 0.2) is 0 Å². The summed E-state index contributed by atoms with van der Waals surface area (Å²) in [7, 11) is 0. The number of anilines is 1. The van der Waals surface area contributed by atoms with Crippen molar-refractivity contribution < 1.29 is 4.74 Å². The first-order valence-corrected chi connectivity index (χ1v) is 9.71. The number of hydrogen-bond donors (Lipinski definition) is 1. The highest BCUT2D eigenvalue weighted by Crippen LogP contribution is 2.39. The Kier molecular flexibility index (Phi) is 4.88. The molecule has 2 N–H and O–H groups in total. The molecule has 0 bridgehead atoms. The summed E-state index contributed by atoms with van der Waals surface area (Å²) in [5, 5.41) is 10.2. The number of nitriles is 1. The maximum Gasteiger partial charge on any atom is 0.148 e. The summed E-state index contributed by atoms with van der Waals surface area (Å²) in [5.41, 5.74) is 8.71. The van der Waals surface area contributed by atoms with E-state index in [2.05, 4.69) is 38.6 Å². The van der Waals surface area contributed by atoms with Crippen LogP contribution >= 0.6 is 22.6 Å². The van der Waals surface area contributed by atoms with E-state index in [1.54, 1.807) is 0 Å². The van der Waals surface area contributed by atoms with Crippen molar-refractivity contribution in [2.75, 3.05) is 5.73 Å². The molecular weight excluding hydrogens is 465 g/mol. The van der Waals surface area contributed by atoms with Gasteiger partial charge in [-0.2, -0.15) is 5.26 Å². The Hall–Kier alpha value is -3.12. The van der Waals surface area contributed by atoms with Gasteiger partial charge in [0.2, 0.25) is 0 Å². The van der Waals surface area contributed by atoms with Crippen LogP contribution in [-0.4, -0.2) is 14.5 Å². The van der Waals surface area contributed by atoms with Gasteiger partial charge < -0.3 is 15.0 Å². The maximum atomic E-state index is 9.43. The number of benzene rings is 2. The van der Waals surface area contributed by atoms with Crippen molar-refractivity contribution >= 4 is 39.4 Å². The molecule has 0 saturated carbocycles. The zero-order valence-corrected chi connectivity index (χ0v) is 17.2. The second kappa shape index (κ2) is 7.48. The van der Waals surface area contributed by atoms with E-state index in [-0.39, 0.29) is 6.04 Å². The number of nitrogens with zero attached hydrogens (tertiary/aromatic N) is 4. The van der Waals surface area contributed by atoms with Crippen LogP contribution in [-0.2, 0) is 0 Å². The third kappa shape index (κ3) is 3.16. The van der Waals surface area contributed by atoms with Gasteiger partial charge in [0.25, 0.3) is 0 Å². The Balaban J connectivity index is 1.81. The fourth-order valence-corrected chi connectivity index (χ4v) is 4.34. The molecule has 0 amide bonds. The topological polar surface area (TPSA) is 89.8 Å². The highest BCUT2D eigenvalue weighted by Gasteiger charge is 2.23. The zero-order valence-electron chi connectivity index (χ0n) is 15.0. The Morgan fingerprint density at radius 3 is 2.43 bits per heavy atom. The number of halogens is 1. The molecule has 1 unspecified atom stereocenters. The predicted octanol–water partition coefficient (Wildman–Crippen LogP) is 5.16. The Labute approximate surface area is 175 Å². The van der Waals surface area contributed by atoms with E-state index in [0.717, 1.165) is 31.7 Å². The lowest BCUT2D eigenvalue weighted by Crippen LogP contribution is -2.05. The SMILES string of the molecule is CC(C#N)n1c(I)c(-c2ccc(Oc3ccccc3)cc2)c2c(N)ncnc21. The van der Waals surface area contributed by atoms with Crippen molar-refractivity contribution in [2.24, 2.45) is 0 Å². The van der Waals surface area contributed by atoms with Crippen molar-refractivity contribution in [3.05, 3.63) is 64.6 Å². The molecule has 2 aromatic heterocycles. The summed E-state index contributed by atoms with van der Waals surface area (Å²) in [5.74, 6) is 1.91. The van der Waals surface area contributed by atoms with Crippen LogP contribution in [0.15, 0.2) is 60.9 Å². The minimum atomic E-state index is -0.377. The van der Waals surface area contributed by atoms with E-state index in [9.17, 15) is 5.26 Å². The van der Waals surface area contributed by atoms with Crippen LogP contribution in [0.5, 0.6) is 11.5 Å². The van der Waals surface area contributed by atoms with Gasteiger partial charge in [-0.15, -0.1) is 0 Å². The summed E-state index contributed by atoms with van der Waals surface area (Å²) in [6.45, 7) is 1.83. The zero-order chi connectivity index (χ0) is 19.7. The van der Waals surface area contributed by atoms with Crippen molar-refractivity contribution in [1.82, 2.24) is 14.5 Å². The van der Waals surface area contributed by atoms with Gasteiger partial charge in [-0.25, -0.2) is 9.97 Å². The Bertz CT molecular complexity index is 1180. The van der Waals surface area contributed by atoms with Gasteiger partial charge in [0.1, 0.15) is 35.3 Å². The van der Waals surface area contributed by atoms with Gasteiger partial charge in [-0.05, 0) is 59.3 Å². The number of nitrogens with two attached hydrogens (primary N) is 1. The molecular formula is C21H16IN5O. The second-order valence-corrected chi connectivity index (χ2v) is 7.26. The van der Waals surface area contributed by atoms with E-state index in [4.69, 9.17) is 10.5 Å². The molecule has 0 spiro atoms. The lowest BCUT2D eigenvalue weighted by Gasteiger charge is -2.09. The summed E-state index contributed by atoms with van der Waals surface area (Å²) >= 11 is 2.24. The third-order valence-corrected chi connectivity index (χ3v) is 5.51. The summed E-state index contributed by atoms with van der Waals surface area (Å²) in [6, 6.07) is 19.3. The number of nitrogen functional groups attached to an aromatic ring is 1. The molecule has 4 aromatic rings. The largest absolute Gasteiger partial charge is 0.457 e. The average molecular weight is 481 g/mol. The molecule has 2 heterocycles. The molecule has 0 radical (unpaired) electrons. The molecule has 0 fully saturated rings. The summed E-state index contributed by atoms with van der Waals surface area (Å²) in [6.07, 6.45) is 1.43. The van der Waals surface area contributed by atoms with E-state index in [0.29, 0.717) is 11.5 Å². The minimum Gasteiger partial charge on any atom is -0.457 e. The number of hydrogen-bond acceptors (Lipinski definition) is 5. The van der Waals surface area contributed by atoms with Crippen molar-refractivity contribution in [3.8, 4) is 28.7 Å². The number of aromatic nitrogens is 3. The van der Waals surface area contributed by atoms with Crippen molar-refractivity contribution in [2.45, 2.75) is 13.0 Å². The molecule has 4 rings (SSSR count). The van der Waals surface area contributed by atoms with E-state index < -0.39 is 0 Å². The normalized spacial score (nSPS) is 11.9. The molecule has 0 aliphatic carbocycles. The Morgan fingerprint density at radius 1 is 1.07 bits per heavy atom. The monoisotopic (exact) mass is 481 g/mol. The van der Waals surface area contributed by atoms with Gasteiger partial charge in [0, 0.05) is 5.56 Å². The van der Waals surface area contributed by atoms with Gasteiger partial charge in [-0.3, -0.25) is 0 Å². The van der Waals surface area contributed by atoms with Gasteiger partial charge in [-0.1, -0.05) is 30.3 Å². The first kappa shape index (κ1) is 18.3. The summed E-state index contributed by atoms with van der Waals surface area (Å²) < 4.78 is 8.65. The molecule has 6 nitrogen and oxygen atoms in total. The first-order chi connectivity index (χ1) is 13.6. The van der Waals surface area contributed by atoms with E-state index in [1.165, 1.54) is 6.33 Å². The van der Waals surface area contributed by atoms with Crippen LogP contribution < -0.4 is 10.5 Å². The molecule has 7 heteroatoms. The fourth-order valence-electron chi connectivity index (χ4n) is 3.12. The lowest BCUT2D eigenvalue weighted by atomic mass is 10.1. The number of fused-ring (bicyclic) bond motifs is 1. The van der Waals surface area contributed by atoms with Crippen LogP contribution in [0.3, 0.4) is 0 Å². The average Bonchev–Trinajstić information content (AvgIpc) is 3.02. The molecule has 1 atom stereocenters. The highest BCUT2D eigenvalue weighted by atomic mass is 127. The van der Waals surface area contributed by atoms with Gasteiger partial charge >= 0.3 is 0 Å². The Morgan fingerprint density at radius 2 is 1.75 bits per heavy atom. The van der Waals surface area contributed by atoms with Crippen LogP contribution in [0.2, 0.25) is 0 Å². The molecule has 2 aromatic carbocycles. The third-order valence-electron chi connectivity index (χ3n) is 4.45. The lowest BCUT2D eigenvalue weighted by molar-refractivity contribution is 0.483. The highest BCUT2D eigenvalue weighted by molar-refractivity contribution is 14.1. The quantitative estimate of drug-likeness (QED) is 0.407. The molecule has 0 aliphatic heterocycles. The van der Waals surface area contributed by atoms with Crippen molar-refractivity contribution in [1.29, 1.82) is 5.26 Å².